The van der Waals surface area contributed by atoms with Crippen molar-refractivity contribution in [2.75, 3.05) is 13.1 Å². The van der Waals surface area contributed by atoms with Crippen LogP contribution in [0.5, 0.6) is 0 Å². The molecule has 3 heteroatoms. The second kappa shape index (κ2) is 4.19. The molecule has 0 amide bonds. The first-order valence-corrected chi connectivity index (χ1v) is 6.14. The predicted octanol–water partition coefficient (Wildman–Crippen LogP) is 1.85. The molecule has 0 spiro atoms. The number of nitrogens with zero attached hydrogens (tertiary/aromatic N) is 1. The minimum atomic E-state index is -0.674. The molecule has 1 saturated heterocycles. The Morgan fingerprint density at radius 1 is 1.11 bits per heavy atom. The van der Waals surface area contributed by atoms with Gasteiger partial charge in [0.05, 0.1) is 0 Å². The van der Waals surface area contributed by atoms with Crippen molar-refractivity contribution >= 4 is 0 Å². The summed E-state index contributed by atoms with van der Waals surface area (Å²) in [7, 11) is 0. The Kier molecular flexibility index (Phi) is 2.65. The summed E-state index contributed by atoms with van der Waals surface area (Å²) in [6.45, 7) is 3.27. The van der Waals surface area contributed by atoms with E-state index in [0.29, 0.717) is 13.1 Å². The largest absolute Gasteiger partial charge is 0.382 e. The van der Waals surface area contributed by atoms with Gasteiger partial charge in [-0.1, -0.05) is 24.3 Å². The van der Waals surface area contributed by atoms with Crippen LogP contribution in [0.3, 0.4) is 0 Å². The summed E-state index contributed by atoms with van der Waals surface area (Å²) in [6, 6.07) is 12.2. The second-order valence-corrected chi connectivity index (χ2v) is 4.90. The average Bonchev–Trinajstić information content (AvgIpc) is 2.36. The van der Waals surface area contributed by atoms with Crippen molar-refractivity contribution in [1.29, 1.82) is 0 Å². The standard InChI is InChI=1S/C15H16N2O/c1-11-8-13(6-7-17-11)12-2-4-14(5-3-12)15(18)9-16-10-15/h2-8,16,18H,9-10H2,1H3. The smallest absolute Gasteiger partial charge is 0.114 e. The van der Waals surface area contributed by atoms with Gasteiger partial charge in [0.15, 0.2) is 0 Å². The van der Waals surface area contributed by atoms with E-state index in [2.05, 4.69) is 28.5 Å². The van der Waals surface area contributed by atoms with E-state index in [1.807, 2.05) is 31.3 Å². The first-order valence-electron chi connectivity index (χ1n) is 6.14. The van der Waals surface area contributed by atoms with Crippen LogP contribution in [-0.4, -0.2) is 23.2 Å². The number of pyridine rings is 1. The first-order chi connectivity index (χ1) is 8.67. The van der Waals surface area contributed by atoms with Gasteiger partial charge in [0.2, 0.25) is 0 Å². The summed E-state index contributed by atoms with van der Waals surface area (Å²) in [6.07, 6.45) is 1.82. The predicted molar refractivity (Wildman–Crippen MR) is 71.2 cm³/mol. The number of aryl methyl sites for hydroxylation is 1. The normalized spacial score (nSPS) is 17.2. The molecular weight excluding hydrogens is 224 g/mol. The molecule has 2 heterocycles. The van der Waals surface area contributed by atoms with Gasteiger partial charge < -0.3 is 10.4 Å². The number of nitrogens with one attached hydrogen (secondary N) is 1. The molecule has 1 fully saturated rings. The topological polar surface area (TPSA) is 45.1 Å². The van der Waals surface area contributed by atoms with Gasteiger partial charge in [-0.05, 0) is 35.7 Å². The molecule has 0 aliphatic carbocycles. The van der Waals surface area contributed by atoms with Crippen molar-refractivity contribution in [3.63, 3.8) is 0 Å². The van der Waals surface area contributed by atoms with Crippen LogP contribution in [0.2, 0.25) is 0 Å². The number of hydrogen-bond donors (Lipinski definition) is 2. The lowest BCUT2D eigenvalue weighted by Crippen LogP contribution is -2.56. The molecular formula is C15H16N2O. The molecule has 3 nitrogen and oxygen atoms in total. The highest BCUT2D eigenvalue weighted by molar-refractivity contribution is 5.63. The molecule has 0 atom stereocenters. The quantitative estimate of drug-likeness (QED) is 0.842. The third kappa shape index (κ3) is 1.92. The Labute approximate surface area is 107 Å². The van der Waals surface area contributed by atoms with Crippen LogP contribution in [0.15, 0.2) is 42.6 Å². The fourth-order valence-corrected chi connectivity index (χ4v) is 2.26. The zero-order valence-corrected chi connectivity index (χ0v) is 10.4. The van der Waals surface area contributed by atoms with Crippen LogP contribution in [0.25, 0.3) is 11.1 Å². The summed E-state index contributed by atoms with van der Waals surface area (Å²) < 4.78 is 0. The van der Waals surface area contributed by atoms with Crippen LogP contribution in [-0.2, 0) is 5.60 Å². The van der Waals surface area contributed by atoms with Crippen LogP contribution < -0.4 is 5.32 Å². The zero-order valence-electron chi connectivity index (χ0n) is 10.4. The summed E-state index contributed by atoms with van der Waals surface area (Å²) in [5, 5.41) is 13.3. The highest BCUT2D eigenvalue weighted by atomic mass is 16.3. The molecule has 0 unspecified atom stereocenters. The van der Waals surface area contributed by atoms with Crippen molar-refractivity contribution in [2.24, 2.45) is 0 Å². The number of hydrogen-bond acceptors (Lipinski definition) is 3. The Morgan fingerprint density at radius 2 is 1.83 bits per heavy atom. The molecule has 1 aliphatic heterocycles. The average molecular weight is 240 g/mol. The first kappa shape index (κ1) is 11.4. The number of rotatable bonds is 2. The van der Waals surface area contributed by atoms with Gasteiger partial charge in [-0.15, -0.1) is 0 Å². The lowest BCUT2D eigenvalue weighted by atomic mass is 9.87. The fourth-order valence-electron chi connectivity index (χ4n) is 2.26. The maximum absolute atomic E-state index is 10.2. The van der Waals surface area contributed by atoms with Crippen molar-refractivity contribution in [3.8, 4) is 11.1 Å². The van der Waals surface area contributed by atoms with Crippen molar-refractivity contribution in [3.05, 3.63) is 53.9 Å². The highest BCUT2D eigenvalue weighted by Gasteiger charge is 2.35. The summed E-state index contributed by atoms with van der Waals surface area (Å²) in [4.78, 5) is 4.20. The van der Waals surface area contributed by atoms with Crippen molar-refractivity contribution in [1.82, 2.24) is 10.3 Å². The number of aliphatic hydroxyl groups is 1. The molecule has 1 aliphatic rings. The van der Waals surface area contributed by atoms with Crippen molar-refractivity contribution in [2.45, 2.75) is 12.5 Å². The molecule has 1 aromatic heterocycles. The van der Waals surface area contributed by atoms with Crippen LogP contribution in [0.1, 0.15) is 11.3 Å². The van der Waals surface area contributed by atoms with Gasteiger partial charge in [-0.25, -0.2) is 0 Å². The summed E-state index contributed by atoms with van der Waals surface area (Å²) in [5.74, 6) is 0. The van der Waals surface area contributed by atoms with E-state index in [9.17, 15) is 5.11 Å². The number of aromatic nitrogens is 1. The Morgan fingerprint density at radius 3 is 2.39 bits per heavy atom. The SMILES string of the molecule is Cc1cc(-c2ccc(C3(O)CNC3)cc2)ccn1. The van der Waals surface area contributed by atoms with E-state index in [1.165, 1.54) is 0 Å². The Bertz CT molecular complexity index is 559. The molecule has 0 radical (unpaired) electrons. The molecule has 18 heavy (non-hydrogen) atoms. The van der Waals surface area contributed by atoms with Gasteiger partial charge >= 0.3 is 0 Å². The summed E-state index contributed by atoms with van der Waals surface area (Å²) in [5.41, 5.74) is 3.63. The van der Waals surface area contributed by atoms with E-state index >= 15 is 0 Å². The van der Waals surface area contributed by atoms with Crippen molar-refractivity contribution < 1.29 is 5.11 Å². The van der Waals surface area contributed by atoms with E-state index in [-0.39, 0.29) is 0 Å². The van der Waals surface area contributed by atoms with Gasteiger partial charge in [-0.2, -0.15) is 0 Å². The third-order valence-electron chi connectivity index (χ3n) is 3.49. The lowest BCUT2D eigenvalue weighted by Gasteiger charge is -2.38. The molecule has 2 N–H and O–H groups in total. The van der Waals surface area contributed by atoms with E-state index in [0.717, 1.165) is 22.4 Å². The highest BCUT2D eigenvalue weighted by Crippen LogP contribution is 2.27. The Hall–Kier alpha value is -1.71. The number of benzene rings is 1. The van der Waals surface area contributed by atoms with Gasteiger partial charge in [0, 0.05) is 25.0 Å². The zero-order chi connectivity index (χ0) is 12.6. The van der Waals surface area contributed by atoms with Crippen LogP contribution in [0.4, 0.5) is 0 Å². The van der Waals surface area contributed by atoms with Gasteiger partial charge in [-0.3, -0.25) is 4.98 Å². The molecule has 2 aromatic rings. The molecule has 0 bridgehead atoms. The van der Waals surface area contributed by atoms with Crippen LogP contribution in [0, 0.1) is 6.92 Å². The van der Waals surface area contributed by atoms with E-state index < -0.39 is 5.60 Å². The summed E-state index contributed by atoms with van der Waals surface area (Å²) >= 11 is 0. The molecule has 0 saturated carbocycles. The van der Waals surface area contributed by atoms with Gasteiger partial charge in [0.25, 0.3) is 0 Å². The Balaban J connectivity index is 1.91. The van der Waals surface area contributed by atoms with Crippen LogP contribution >= 0.6 is 0 Å². The third-order valence-corrected chi connectivity index (χ3v) is 3.49. The van der Waals surface area contributed by atoms with E-state index in [4.69, 9.17) is 0 Å². The lowest BCUT2D eigenvalue weighted by molar-refractivity contribution is -0.0146. The minimum absolute atomic E-state index is 0.640. The van der Waals surface area contributed by atoms with Gasteiger partial charge in [0.1, 0.15) is 5.60 Å². The molecule has 3 rings (SSSR count). The molecule has 92 valence electrons. The maximum atomic E-state index is 10.2. The molecule has 1 aromatic carbocycles. The number of β-amino-alcohol motifs (C(OH)–C–C–N with tert-alkyl or cyclic N) is 1. The fraction of sp³-hybridized carbons (Fsp3) is 0.267. The van der Waals surface area contributed by atoms with E-state index in [1.54, 1.807) is 0 Å². The minimum Gasteiger partial charge on any atom is -0.382 e. The second-order valence-electron chi connectivity index (χ2n) is 4.90. The maximum Gasteiger partial charge on any atom is 0.114 e. The monoisotopic (exact) mass is 240 g/mol.